The van der Waals surface area contributed by atoms with Gasteiger partial charge in [0.05, 0.1) is 17.4 Å². The molecule has 0 spiro atoms. The summed E-state index contributed by atoms with van der Waals surface area (Å²) in [6, 6.07) is 4.81. The van der Waals surface area contributed by atoms with Crippen LogP contribution in [-0.2, 0) is 19.6 Å². The highest BCUT2D eigenvalue weighted by molar-refractivity contribution is 7.89. The Morgan fingerprint density at radius 1 is 1.07 bits per heavy atom. The molecule has 0 N–H and O–H groups in total. The lowest BCUT2D eigenvalue weighted by molar-refractivity contribution is -0.149. The summed E-state index contributed by atoms with van der Waals surface area (Å²) in [4.78, 5) is 26.9. The Morgan fingerprint density at radius 3 is 2.30 bits per heavy atom. The van der Waals surface area contributed by atoms with E-state index in [1.54, 1.807) is 24.0 Å². The number of hydrogen-bond donors (Lipinski definition) is 0. The molecule has 0 saturated carbocycles. The molecule has 2 aliphatic rings. The summed E-state index contributed by atoms with van der Waals surface area (Å²) in [7, 11) is -3.61. The largest absolute Gasteiger partial charge is 0.466 e. The molecular weight excluding hydrogens is 404 g/mol. The maximum atomic E-state index is 13.1. The van der Waals surface area contributed by atoms with Gasteiger partial charge in [0, 0.05) is 31.7 Å². The van der Waals surface area contributed by atoms with Crippen LogP contribution in [0.5, 0.6) is 0 Å². The molecule has 7 nitrogen and oxygen atoms in total. The van der Waals surface area contributed by atoms with E-state index in [4.69, 9.17) is 4.74 Å². The molecule has 1 aromatic rings. The van der Waals surface area contributed by atoms with Gasteiger partial charge in [-0.15, -0.1) is 0 Å². The zero-order chi connectivity index (χ0) is 21.9. The molecule has 2 fully saturated rings. The normalized spacial score (nSPS) is 19.6. The van der Waals surface area contributed by atoms with E-state index in [1.165, 1.54) is 10.4 Å². The third-order valence-corrected chi connectivity index (χ3v) is 8.12. The van der Waals surface area contributed by atoms with Crippen LogP contribution in [0.25, 0.3) is 0 Å². The predicted molar refractivity (Wildman–Crippen MR) is 114 cm³/mol. The van der Waals surface area contributed by atoms with Gasteiger partial charge in [0.2, 0.25) is 10.0 Å². The van der Waals surface area contributed by atoms with Gasteiger partial charge in [0.1, 0.15) is 0 Å². The van der Waals surface area contributed by atoms with E-state index in [0.29, 0.717) is 57.1 Å². The summed E-state index contributed by atoms with van der Waals surface area (Å²) >= 11 is 0. The molecule has 166 valence electrons. The second-order valence-electron chi connectivity index (χ2n) is 8.38. The Bertz CT molecular complexity index is 883. The van der Waals surface area contributed by atoms with Crippen molar-refractivity contribution in [1.82, 2.24) is 9.21 Å². The molecule has 1 aromatic carbocycles. The van der Waals surface area contributed by atoms with E-state index in [2.05, 4.69) is 6.92 Å². The number of rotatable bonds is 5. The first-order valence-corrected chi connectivity index (χ1v) is 12.2. The smallest absolute Gasteiger partial charge is 0.309 e. The monoisotopic (exact) mass is 436 g/mol. The number of esters is 1. The maximum Gasteiger partial charge on any atom is 0.309 e. The van der Waals surface area contributed by atoms with Gasteiger partial charge in [0.25, 0.3) is 5.91 Å². The lowest BCUT2D eigenvalue weighted by Crippen LogP contribution is -2.41. The Kier molecular flexibility index (Phi) is 7.18. The quantitative estimate of drug-likeness (QED) is 0.663. The lowest BCUT2D eigenvalue weighted by Gasteiger charge is -2.32. The molecule has 0 unspecified atom stereocenters. The van der Waals surface area contributed by atoms with E-state index in [9.17, 15) is 18.0 Å². The minimum absolute atomic E-state index is 0.174. The number of benzene rings is 1. The molecule has 0 aromatic heterocycles. The first-order valence-electron chi connectivity index (χ1n) is 10.8. The highest BCUT2D eigenvalue weighted by atomic mass is 32.2. The average molecular weight is 437 g/mol. The highest BCUT2D eigenvalue weighted by Gasteiger charge is 2.31. The second-order valence-corrected chi connectivity index (χ2v) is 10.3. The zero-order valence-corrected chi connectivity index (χ0v) is 18.9. The van der Waals surface area contributed by atoms with Crippen LogP contribution in [0.2, 0.25) is 0 Å². The number of nitrogens with zero attached hydrogens (tertiary/aromatic N) is 2. The highest BCUT2D eigenvalue weighted by Crippen LogP contribution is 2.26. The van der Waals surface area contributed by atoms with Crippen molar-refractivity contribution in [3.05, 3.63) is 29.3 Å². The molecule has 2 aliphatic heterocycles. The van der Waals surface area contributed by atoms with Crippen LogP contribution in [-0.4, -0.2) is 62.3 Å². The van der Waals surface area contributed by atoms with E-state index in [0.717, 1.165) is 18.4 Å². The first-order chi connectivity index (χ1) is 14.2. The minimum atomic E-state index is -3.61. The van der Waals surface area contributed by atoms with Gasteiger partial charge < -0.3 is 9.64 Å². The summed E-state index contributed by atoms with van der Waals surface area (Å²) in [5.41, 5.74) is 1.16. The van der Waals surface area contributed by atoms with Gasteiger partial charge in [-0.3, -0.25) is 9.59 Å². The Labute approximate surface area is 179 Å². The predicted octanol–water partition coefficient (Wildman–Crippen LogP) is 2.83. The molecular formula is C22H32N2O5S. The lowest BCUT2D eigenvalue weighted by atomic mass is 9.96. The molecule has 0 atom stereocenters. The van der Waals surface area contributed by atoms with Crippen molar-refractivity contribution in [3.63, 3.8) is 0 Å². The number of aryl methyl sites for hydroxylation is 1. The molecule has 0 aliphatic carbocycles. The maximum absolute atomic E-state index is 13.1. The standard InChI is InChI=1S/C22H32N2O5S/c1-4-29-22(26)18-9-11-23(12-10-18)21(25)20-15-19(6-5-17(20)3)30(27,28)24-13-7-16(2)8-14-24/h5-6,15-16,18H,4,7-14H2,1-3H3. The van der Waals surface area contributed by atoms with Gasteiger partial charge >= 0.3 is 5.97 Å². The number of ether oxygens (including phenoxy) is 1. The summed E-state index contributed by atoms with van der Waals surface area (Å²) in [5.74, 6) is -0.0312. The number of carbonyl (C=O) groups excluding carboxylic acids is 2. The topological polar surface area (TPSA) is 84.0 Å². The molecule has 8 heteroatoms. The number of sulfonamides is 1. The molecule has 1 amide bonds. The van der Waals surface area contributed by atoms with Crippen molar-refractivity contribution < 1.29 is 22.7 Å². The van der Waals surface area contributed by atoms with Crippen molar-refractivity contribution in [3.8, 4) is 0 Å². The minimum Gasteiger partial charge on any atom is -0.466 e. The molecule has 3 rings (SSSR count). The van der Waals surface area contributed by atoms with Crippen LogP contribution in [0.15, 0.2) is 23.1 Å². The van der Waals surface area contributed by atoms with Crippen molar-refractivity contribution >= 4 is 21.9 Å². The third-order valence-electron chi connectivity index (χ3n) is 6.22. The van der Waals surface area contributed by atoms with E-state index in [-0.39, 0.29) is 22.7 Å². The van der Waals surface area contributed by atoms with E-state index >= 15 is 0 Å². The van der Waals surface area contributed by atoms with Crippen molar-refractivity contribution in [2.45, 2.75) is 51.3 Å². The fraction of sp³-hybridized carbons (Fsp3) is 0.636. The fourth-order valence-electron chi connectivity index (χ4n) is 4.12. The molecule has 0 bridgehead atoms. The van der Waals surface area contributed by atoms with Gasteiger partial charge in [-0.05, 0) is 63.1 Å². The zero-order valence-electron chi connectivity index (χ0n) is 18.1. The van der Waals surface area contributed by atoms with E-state index in [1.807, 2.05) is 6.92 Å². The first kappa shape index (κ1) is 22.7. The summed E-state index contributed by atoms with van der Waals surface area (Å²) < 4.78 is 32.8. The fourth-order valence-corrected chi connectivity index (χ4v) is 5.61. The Hall–Kier alpha value is -1.93. The van der Waals surface area contributed by atoms with Crippen LogP contribution >= 0.6 is 0 Å². The molecule has 2 saturated heterocycles. The van der Waals surface area contributed by atoms with Gasteiger partial charge in [-0.1, -0.05) is 13.0 Å². The van der Waals surface area contributed by atoms with Crippen LogP contribution in [0.1, 0.15) is 55.5 Å². The van der Waals surface area contributed by atoms with E-state index < -0.39 is 10.0 Å². The van der Waals surface area contributed by atoms with Crippen molar-refractivity contribution in [1.29, 1.82) is 0 Å². The average Bonchev–Trinajstić information content (AvgIpc) is 2.74. The van der Waals surface area contributed by atoms with Crippen LogP contribution in [0.3, 0.4) is 0 Å². The van der Waals surface area contributed by atoms with Crippen molar-refractivity contribution in [2.75, 3.05) is 32.8 Å². The number of hydrogen-bond acceptors (Lipinski definition) is 5. The second kappa shape index (κ2) is 9.47. The van der Waals surface area contributed by atoms with Gasteiger partial charge in [-0.2, -0.15) is 4.31 Å². The Morgan fingerprint density at radius 2 is 1.70 bits per heavy atom. The summed E-state index contributed by atoms with van der Waals surface area (Å²) in [6.07, 6.45) is 2.83. The van der Waals surface area contributed by atoms with Gasteiger partial charge in [-0.25, -0.2) is 8.42 Å². The summed E-state index contributed by atoms with van der Waals surface area (Å²) in [6.45, 7) is 8.05. The van der Waals surface area contributed by atoms with Crippen molar-refractivity contribution in [2.24, 2.45) is 11.8 Å². The number of piperidine rings is 2. The summed E-state index contributed by atoms with van der Waals surface area (Å²) in [5, 5.41) is 0. The SMILES string of the molecule is CCOC(=O)C1CCN(C(=O)c2cc(S(=O)(=O)N3CCC(C)CC3)ccc2C)CC1. The molecule has 2 heterocycles. The molecule has 0 radical (unpaired) electrons. The van der Waals surface area contributed by atoms with Crippen LogP contribution in [0, 0.1) is 18.8 Å². The van der Waals surface area contributed by atoms with Gasteiger partial charge in [0.15, 0.2) is 0 Å². The Balaban J connectivity index is 1.74. The molecule has 30 heavy (non-hydrogen) atoms. The van der Waals surface area contributed by atoms with Crippen LogP contribution < -0.4 is 0 Å². The number of amides is 1. The number of likely N-dealkylation sites (tertiary alicyclic amines) is 1. The van der Waals surface area contributed by atoms with Crippen LogP contribution in [0.4, 0.5) is 0 Å². The third kappa shape index (κ3) is 4.86. The number of carbonyl (C=O) groups is 2.